The molecule has 0 aliphatic heterocycles. The minimum absolute atomic E-state index is 0.843. The number of para-hydroxylation sites is 1. The summed E-state index contributed by atoms with van der Waals surface area (Å²) in [5, 5.41) is 10.3. The number of benzene rings is 6. The van der Waals surface area contributed by atoms with E-state index in [1.54, 1.807) is 0 Å². The van der Waals surface area contributed by atoms with Crippen molar-refractivity contribution in [3.63, 3.8) is 0 Å². The Morgan fingerprint density at radius 1 is 0.628 bits per heavy atom. The summed E-state index contributed by atoms with van der Waals surface area (Å²) in [5.41, 5.74) is 7.34. The molecule has 43 heavy (non-hydrogen) atoms. The van der Waals surface area contributed by atoms with Crippen molar-refractivity contribution < 1.29 is 0 Å². The number of fused-ring (bicyclic) bond motifs is 13. The molecule has 0 N–H and O–H groups in total. The van der Waals surface area contributed by atoms with E-state index < -0.39 is 0 Å². The highest BCUT2D eigenvalue weighted by Crippen LogP contribution is 2.51. The van der Waals surface area contributed by atoms with E-state index in [4.69, 9.17) is 0 Å². The van der Waals surface area contributed by atoms with E-state index in [2.05, 4.69) is 151 Å². The van der Waals surface area contributed by atoms with Gasteiger partial charge in [-0.2, -0.15) is 0 Å². The van der Waals surface area contributed by atoms with Crippen molar-refractivity contribution in [2.24, 2.45) is 0 Å². The number of allylic oxidation sites excluding steroid dienone is 5. The zero-order chi connectivity index (χ0) is 28.5. The molecule has 0 radical (unpaired) electrons. The number of thiophene rings is 1. The van der Waals surface area contributed by atoms with E-state index >= 15 is 0 Å². The maximum Gasteiger partial charge on any atom is 0.0597 e. The van der Waals surface area contributed by atoms with Crippen LogP contribution in [-0.2, 0) is 6.42 Å². The molecule has 0 fully saturated rings. The van der Waals surface area contributed by atoms with Crippen molar-refractivity contribution in [1.82, 2.24) is 4.57 Å². The van der Waals surface area contributed by atoms with Crippen LogP contribution in [0.5, 0.6) is 0 Å². The van der Waals surface area contributed by atoms with Crippen LogP contribution in [0.2, 0.25) is 0 Å². The van der Waals surface area contributed by atoms with E-state index in [9.17, 15) is 0 Å². The predicted molar refractivity (Wildman–Crippen MR) is 188 cm³/mol. The normalized spacial score (nSPS) is 14.8. The van der Waals surface area contributed by atoms with Crippen molar-refractivity contribution in [2.45, 2.75) is 6.42 Å². The van der Waals surface area contributed by atoms with Gasteiger partial charge in [-0.3, -0.25) is 0 Å². The van der Waals surface area contributed by atoms with Crippen LogP contribution in [0.25, 0.3) is 75.8 Å². The van der Waals surface area contributed by atoms with Gasteiger partial charge in [0.2, 0.25) is 0 Å². The predicted octanol–water partition coefficient (Wildman–Crippen LogP) is 11.7. The van der Waals surface area contributed by atoms with Gasteiger partial charge < -0.3 is 4.57 Å². The number of hydrogen-bond acceptors (Lipinski definition) is 1. The van der Waals surface area contributed by atoms with Crippen molar-refractivity contribution in [2.75, 3.05) is 0 Å². The Kier molecular flexibility index (Phi) is 5.35. The van der Waals surface area contributed by atoms with Crippen LogP contribution in [0.4, 0.5) is 0 Å². The quantitative estimate of drug-likeness (QED) is 0.174. The smallest absolute Gasteiger partial charge is 0.0597 e. The Balaban J connectivity index is 1.54. The van der Waals surface area contributed by atoms with Crippen LogP contribution in [-0.4, -0.2) is 4.57 Å². The van der Waals surface area contributed by atoms with Gasteiger partial charge in [0.25, 0.3) is 0 Å². The highest BCUT2D eigenvalue weighted by molar-refractivity contribution is 7.22. The molecule has 9 rings (SSSR count). The molecule has 0 unspecified atom stereocenters. The van der Waals surface area contributed by atoms with E-state index in [1.807, 2.05) is 11.3 Å². The van der Waals surface area contributed by atoms with Gasteiger partial charge in [-0.15, -0.1) is 11.3 Å². The Morgan fingerprint density at radius 3 is 2.14 bits per heavy atom. The third-order valence-electron chi connectivity index (χ3n) is 8.93. The maximum atomic E-state index is 4.64. The second-order valence-corrected chi connectivity index (χ2v) is 12.3. The molecule has 1 aliphatic rings. The van der Waals surface area contributed by atoms with Gasteiger partial charge in [0.05, 0.1) is 11.2 Å². The van der Waals surface area contributed by atoms with Crippen molar-refractivity contribution in [1.29, 1.82) is 0 Å². The molecule has 0 amide bonds. The van der Waals surface area contributed by atoms with Gasteiger partial charge in [-0.05, 0) is 62.7 Å². The minimum atomic E-state index is 0.843. The lowest BCUT2D eigenvalue weighted by molar-refractivity contribution is 1.12. The zero-order valence-electron chi connectivity index (χ0n) is 23.5. The molecule has 2 heteroatoms. The highest BCUT2D eigenvalue weighted by atomic mass is 32.1. The molecule has 2 aromatic heterocycles. The molecule has 0 spiro atoms. The van der Waals surface area contributed by atoms with E-state index in [0.717, 1.165) is 12.0 Å². The first-order valence-electron chi connectivity index (χ1n) is 14.8. The van der Waals surface area contributed by atoms with Gasteiger partial charge in [-0.1, -0.05) is 128 Å². The SMILES string of the molecule is C=C1/C=C\C=C/Cc2c(n(-c3ccc4ccccc4c3)c3ccccc23)-c2c1sc1c3ccccc3c3ccccc3c21. The largest absolute Gasteiger partial charge is 0.309 e. The molecular weight excluding hydrogens is 539 g/mol. The summed E-state index contributed by atoms with van der Waals surface area (Å²) in [5.74, 6) is 0. The van der Waals surface area contributed by atoms with Gasteiger partial charge in [-0.25, -0.2) is 0 Å². The number of rotatable bonds is 1. The average molecular weight is 566 g/mol. The summed E-state index contributed by atoms with van der Waals surface area (Å²) in [6, 6.07) is 42.2. The summed E-state index contributed by atoms with van der Waals surface area (Å²) in [6.45, 7) is 4.64. The number of aromatic nitrogens is 1. The van der Waals surface area contributed by atoms with E-state index in [-0.39, 0.29) is 0 Å². The molecule has 0 atom stereocenters. The second kappa shape index (κ2) is 9.42. The average Bonchev–Trinajstić information content (AvgIpc) is 3.61. The summed E-state index contributed by atoms with van der Waals surface area (Å²) in [4.78, 5) is 1.23. The third-order valence-corrected chi connectivity index (χ3v) is 10.2. The maximum absolute atomic E-state index is 4.64. The Hall–Kier alpha value is -5.18. The van der Waals surface area contributed by atoms with Gasteiger partial charge >= 0.3 is 0 Å². The van der Waals surface area contributed by atoms with E-state index in [1.165, 1.54) is 80.7 Å². The van der Waals surface area contributed by atoms with Crippen molar-refractivity contribution in [3.8, 4) is 16.9 Å². The fourth-order valence-corrected chi connectivity index (χ4v) is 8.36. The highest BCUT2D eigenvalue weighted by Gasteiger charge is 2.27. The van der Waals surface area contributed by atoms with Crippen molar-refractivity contribution in [3.05, 3.63) is 157 Å². The van der Waals surface area contributed by atoms with Gasteiger partial charge in [0, 0.05) is 37.0 Å². The van der Waals surface area contributed by atoms with E-state index in [0.29, 0.717) is 0 Å². The molecule has 0 saturated carbocycles. The number of hydrogen-bond donors (Lipinski definition) is 0. The molecule has 1 aliphatic carbocycles. The fourth-order valence-electron chi connectivity index (χ4n) is 7.05. The molecule has 8 aromatic rings. The summed E-state index contributed by atoms with van der Waals surface area (Å²) in [7, 11) is 0. The Bertz CT molecular complexity index is 2500. The lowest BCUT2D eigenvalue weighted by Gasteiger charge is -2.16. The Morgan fingerprint density at radius 2 is 1.30 bits per heavy atom. The third kappa shape index (κ3) is 3.57. The molecule has 6 aromatic carbocycles. The lowest BCUT2D eigenvalue weighted by Crippen LogP contribution is -2.00. The lowest BCUT2D eigenvalue weighted by atomic mass is 9.92. The summed E-state index contributed by atoms with van der Waals surface area (Å²) < 4.78 is 3.83. The van der Waals surface area contributed by atoms with Crippen molar-refractivity contribution >= 4 is 70.2 Å². The first kappa shape index (κ1) is 24.4. The summed E-state index contributed by atoms with van der Waals surface area (Å²) >= 11 is 1.88. The van der Waals surface area contributed by atoms with Crippen LogP contribution in [0.15, 0.2) is 146 Å². The summed E-state index contributed by atoms with van der Waals surface area (Å²) in [6.07, 6.45) is 9.60. The van der Waals surface area contributed by atoms with Crippen LogP contribution in [0, 0.1) is 0 Å². The van der Waals surface area contributed by atoms with Crippen LogP contribution in [0.3, 0.4) is 0 Å². The van der Waals surface area contributed by atoms with Crippen LogP contribution >= 0.6 is 11.3 Å². The number of nitrogens with zero attached hydrogens (tertiary/aromatic N) is 1. The molecule has 202 valence electrons. The first-order valence-corrected chi connectivity index (χ1v) is 15.6. The minimum Gasteiger partial charge on any atom is -0.309 e. The standard InChI is InChI=1S/C41H27NS/c1-26-13-3-2-4-20-34-32-18-11-12-22-36(32)42(29-24-23-27-14-5-6-15-28(27)25-29)39(34)38-37-33-19-9-7-16-30(33)31-17-8-10-21-35(31)41(37)43-40(26)38/h2-19,21-25H,1,20H2/b4-2-,13-3-. The van der Waals surface area contributed by atoms with Gasteiger partial charge in [0.1, 0.15) is 0 Å². The Labute approximate surface area is 253 Å². The second-order valence-electron chi connectivity index (χ2n) is 11.3. The molecular formula is C41H27NS. The molecule has 0 bridgehead atoms. The topological polar surface area (TPSA) is 4.93 Å². The van der Waals surface area contributed by atoms with Crippen LogP contribution in [0.1, 0.15) is 10.4 Å². The fraction of sp³-hybridized carbons (Fsp3) is 0.0244. The first-order chi connectivity index (χ1) is 21.3. The van der Waals surface area contributed by atoms with Crippen LogP contribution < -0.4 is 0 Å². The molecule has 2 heterocycles. The molecule has 1 nitrogen and oxygen atoms in total. The molecule has 0 saturated heterocycles. The monoisotopic (exact) mass is 565 g/mol. The zero-order valence-corrected chi connectivity index (χ0v) is 24.4. The van der Waals surface area contributed by atoms with Gasteiger partial charge in [0.15, 0.2) is 0 Å².